The first kappa shape index (κ1) is 13.2. The van der Waals surface area contributed by atoms with Crippen molar-refractivity contribution in [1.29, 1.82) is 0 Å². The highest BCUT2D eigenvalue weighted by Crippen LogP contribution is 2.37. The second kappa shape index (κ2) is 4.77. The molecule has 17 heavy (non-hydrogen) atoms. The zero-order valence-electron chi connectivity index (χ0n) is 11.7. The molecular weight excluding hydrogens is 211 g/mol. The van der Waals surface area contributed by atoms with Crippen LogP contribution < -0.4 is 0 Å². The van der Waals surface area contributed by atoms with Crippen LogP contribution in [-0.2, 0) is 9.31 Å². The summed E-state index contributed by atoms with van der Waals surface area (Å²) < 4.78 is 11.9. The van der Waals surface area contributed by atoms with E-state index in [4.69, 9.17) is 9.31 Å². The Balaban J connectivity index is 1.90. The molecular formula is C14H25BO2. The second-order valence-corrected chi connectivity index (χ2v) is 6.41. The standard InChI is InChI=1S/C14H25BO2/c1-13(2)14(3,4)17-15(16-13)11-10-12-8-6-5-7-9-12/h10-12H,5-9H2,1-4H3/b11-10-. The number of rotatable bonds is 2. The molecule has 0 aromatic heterocycles. The van der Waals surface area contributed by atoms with Gasteiger partial charge in [0.2, 0.25) is 0 Å². The van der Waals surface area contributed by atoms with Crippen LogP contribution >= 0.6 is 0 Å². The van der Waals surface area contributed by atoms with Crippen molar-refractivity contribution in [2.24, 2.45) is 5.92 Å². The molecule has 2 nitrogen and oxygen atoms in total. The first-order valence-corrected chi connectivity index (χ1v) is 6.95. The normalized spacial score (nSPS) is 29.1. The number of hydrogen-bond donors (Lipinski definition) is 0. The Morgan fingerprint density at radius 1 is 0.941 bits per heavy atom. The Morgan fingerprint density at radius 3 is 2.00 bits per heavy atom. The minimum absolute atomic E-state index is 0.165. The highest BCUT2D eigenvalue weighted by molar-refractivity contribution is 6.51. The zero-order valence-corrected chi connectivity index (χ0v) is 11.7. The fourth-order valence-corrected chi connectivity index (χ4v) is 2.54. The summed E-state index contributed by atoms with van der Waals surface area (Å²) in [6, 6.07) is 0. The molecule has 1 aliphatic carbocycles. The van der Waals surface area contributed by atoms with E-state index in [0.29, 0.717) is 0 Å². The van der Waals surface area contributed by atoms with E-state index in [9.17, 15) is 0 Å². The van der Waals surface area contributed by atoms with Crippen LogP contribution in [0.15, 0.2) is 12.1 Å². The van der Waals surface area contributed by atoms with Crippen LogP contribution in [0.25, 0.3) is 0 Å². The van der Waals surface area contributed by atoms with Crippen molar-refractivity contribution in [2.75, 3.05) is 0 Å². The molecule has 0 N–H and O–H groups in total. The van der Waals surface area contributed by atoms with Crippen molar-refractivity contribution < 1.29 is 9.31 Å². The van der Waals surface area contributed by atoms with Gasteiger partial charge in [0.15, 0.2) is 0 Å². The summed E-state index contributed by atoms with van der Waals surface area (Å²) in [5.74, 6) is 2.86. The topological polar surface area (TPSA) is 18.5 Å². The first-order chi connectivity index (χ1) is 7.91. The van der Waals surface area contributed by atoms with Gasteiger partial charge in [-0.25, -0.2) is 0 Å². The van der Waals surface area contributed by atoms with E-state index in [1.807, 2.05) is 0 Å². The number of hydrogen-bond acceptors (Lipinski definition) is 2. The minimum Gasteiger partial charge on any atom is -0.400 e. The van der Waals surface area contributed by atoms with Crippen LogP contribution in [0.2, 0.25) is 0 Å². The first-order valence-electron chi connectivity index (χ1n) is 6.95. The smallest absolute Gasteiger partial charge is 0.400 e. The third-order valence-electron chi connectivity index (χ3n) is 4.46. The van der Waals surface area contributed by atoms with Crippen molar-refractivity contribution in [3.05, 3.63) is 12.1 Å². The SMILES string of the molecule is CC1(C)OB(/C=C\C2CCCCC2)OC1(C)C. The maximum absolute atomic E-state index is 5.95. The lowest BCUT2D eigenvalue weighted by Gasteiger charge is -2.32. The molecule has 1 heterocycles. The van der Waals surface area contributed by atoms with E-state index in [-0.39, 0.29) is 18.3 Å². The average molecular weight is 236 g/mol. The Morgan fingerprint density at radius 2 is 1.47 bits per heavy atom. The molecule has 96 valence electrons. The summed E-state index contributed by atoms with van der Waals surface area (Å²) in [6.45, 7) is 8.39. The van der Waals surface area contributed by atoms with Gasteiger partial charge in [-0.3, -0.25) is 0 Å². The van der Waals surface area contributed by atoms with Gasteiger partial charge in [0, 0.05) is 0 Å². The van der Waals surface area contributed by atoms with E-state index in [0.717, 1.165) is 5.92 Å². The van der Waals surface area contributed by atoms with E-state index in [2.05, 4.69) is 39.7 Å². The Hall–Kier alpha value is -0.275. The van der Waals surface area contributed by atoms with Gasteiger partial charge < -0.3 is 9.31 Å². The number of allylic oxidation sites excluding steroid dienone is 1. The van der Waals surface area contributed by atoms with Gasteiger partial charge in [-0.15, -0.1) is 0 Å². The van der Waals surface area contributed by atoms with Gasteiger partial charge in [0.05, 0.1) is 11.2 Å². The maximum Gasteiger partial charge on any atom is 0.486 e. The van der Waals surface area contributed by atoms with Crippen molar-refractivity contribution in [3.63, 3.8) is 0 Å². The van der Waals surface area contributed by atoms with Crippen molar-refractivity contribution in [2.45, 2.75) is 71.0 Å². The zero-order chi connectivity index (χ0) is 12.5. The molecule has 2 fully saturated rings. The Labute approximate surface area is 106 Å². The van der Waals surface area contributed by atoms with E-state index < -0.39 is 0 Å². The van der Waals surface area contributed by atoms with E-state index in [1.165, 1.54) is 32.1 Å². The Kier molecular flexibility index (Phi) is 3.70. The van der Waals surface area contributed by atoms with Crippen LogP contribution in [0.4, 0.5) is 0 Å². The molecule has 0 atom stereocenters. The predicted octanol–water partition coefficient (Wildman–Crippen LogP) is 3.75. The fraction of sp³-hybridized carbons (Fsp3) is 0.857. The molecule has 0 unspecified atom stereocenters. The Bertz CT molecular complexity index is 275. The molecule has 0 spiro atoms. The lowest BCUT2D eigenvalue weighted by atomic mass is 9.83. The van der Waals surface area contributed by atoms with Crippen molar-refractivity contribution in [1.82, 2.24) is 0 Å². The highest BCUT2D eigenvalue weighted by Gasteiger charge is 2.50. The minimum atomic E-state index is -0.214. The van der Waals surface area contributed by atoms with Gasteiger partial charge in [-0.05, 0) is 46.5 Å². The average Bonchev–Trinajstić information content (AvgIpc) is 2.46. The van der Waals surface area contributed by atoms with Crippen LogP contribution in [0.1, 0.15) is 59.8 Å². The summed E-state index contributed by atoms with van der Waals surface area (Å²) in [6.07, 6.45) is 9.12. The fourth-order valence-electron chi connectivity index (χ4n) is 2.54. The summed E-state index contributed by atoms with van der Waals surface area (Å²) in [5, 5.41) is 0. The van der Waals surface area contributed by atoms with Crippen molar-refractivity contribution in [3.8, 4) is 0 Å². The molecule has 0 amide bonds. The molecule has 0 aromatic rings. The third kappa shape index (κ3) is 2.94. The molecule has 3 heteroatoms. The molecule has 1 saturated carbocycles. The molecule has 0 radical (unpaired) electrons. The van der Waals surface area contributed by atoms with Crippen LogP contribution in [0.5, 0.6) is 0 Å². The van der Waals surface area contributed by atoms with Gasteiger partial charge in [-0.2, -0.15) is 0 Å². The van der Waals surface area contributed by atoms with Gasteiger partial charge >= 0.3 is 7.12 Å². The second-order valence-electron chi connectivity index (χ2n) is 6.41. The molecule has 1 aliphatic heterocycles. The molecule has 2 rings (SSSR count). The van der Waals surface area contributed by atoms with Crippen LogP contribution in [-0.4, -0.2) is 18.3 Å². The monoisotopic (exact) mass is 236 g/mol. The summed E-state index contributed by atoms with van der Waals surface area (Å²) >= 11 is 0. The lowest BCUT2D eigenvalue weighted by molar-refractivity contribution is 0.00578. The van der Waals surface area contributed by atoms with Crippen molar-refractivity contribution >= 4 is 7.12 Å². The van der Waals surface area contributed by atoms with Crippen LogP contribution in [0, 0.1) is 5.92 Å². The third-order valence-corrected chi connectivity index (χ3v) is 4.46. The molecule has 0 bridgehead atoms. The van der Waals surface area contributed by atoms with Gasteiger partial charge in [0.1, 0.15) is 0 Å². The maximum atomic E-state index is 5.95. The molecule has 1 saturated heterocycles. The summed E-state index contributed by atoms with van der Waals surface area (Å²) in [7, 11) is -0.165. The van der Waals surface area contributed by atoms with Gasteiger partial charge in [-0.1, -0.05) is 31.3 Å². The summed E-state index contributed by atoms with van der Waals surface area (Å²) in [4.78, 5) is 0. The lowest BCUT2D eigenvalue weighted by Crippen LogP contribution is -2.41. The van der Waals surface area contributed by atoms with E-state index >= 15 is 0 Å². The van der Waals surface area contributed by atoms with Crippen LogP contribution in [0.3, 0.4) is 0 Å². The summed E-state index contributed by atoms with van der Waals surface area (Å²) in [5.41, 5.74) is -0.427. The molecule has 2 aliphatic rings. The highest BCUT2D eigenvalue weighted by atomic mass is 16.7. The van der Waals surface area contributed by atoms with E-state index in [1.54, 1.807) is 0 Å². The predicted molar refractivity (Wildman–Crippen MR) is 71.8 cm³/mol. The largest absolute Gasteiger partial charge is 0.486 e. The van der Waals surface area contributed by atoms with Gasteiger partial charge in [0.25, 0.3) is 0 Å². The quantitative estimate of drug-likeness (QED) is 0.679. The molecule has 0 aromatic carbocycles.